The number of aliphatic imine (C=N–C) groups is 1. The maximum Gasteiger partial charge on any atom is 0.208 e. The molecule has 1 aromatic rings. The maximum atomic E-state index is 11.2. The molecule has 2 heterocycles. The number of unbranched alkanes of at least 4 members (excludes halogenated alkanes) is 3. The third-order valence-corrected chi connectivity index (χ3v) is 11.9. The van der Waals surface area contributed by atoms with Gasteiger partial charge in [-0.05, 0) is 87.4 Å². The van der Waals surface area contributed by atoms with Gasteiger partial charge >= 0.3 is 0 Å². The molecule has 8 N–H and O–H groups in total. The van der Waals surface area contributed by atoms with Crippen molar-refractivity contribution in [3.63, 3.8) is 0 Å². The second kappa shape index (κ2) is 20.8. The van der Waals surface area contributed by atoms with Crippen LogP contribution in [0, 0.1) is 35.7 Å². The summed E-state index contributed by atoms with van der Waals surface area (Å²) >= 11 is 0. The molecular formula is C43H68N3O6+. The minimum absolute atomic E-state index is 0.00734. The zero-order valence-corrected chi connectivity index (χ0v) is 31.9. The maximum absolute atomic E-state index is 11.2. The largest absolute Gasteiger partial charge is 0.504 e. The summed E-state index contributed by atoms with van der Waals surface area (Å²) in [7, 11) is 0. The number of nitrogens with zero attached hydrogens (tertiary/aromatic N) is 1. The summed E-state index contributed by atoms with van der Waals surface area (Å²) in [6.07, 6.45) is 21.9. The van der Waals surface area contributed by atoms with Crippen molar-refractivity contribution in [2.45, 2.75) is 135 Å². The highest BCUT2D eigenvalue weighted by atomic mass is 16.5. The van der Waals surface area contributed by atoms with Gasteiger partial charge in [0.1, 0.15) is 30.4 Å². The fourth-order valence-electron chi connectivity index (χ4n) is 9.05. The number of ether oxygens (including phenoxy) is 2. The minimum Gasteiger partial charge on any atom is -0.504 e. The van der Waals surface area contributed by atoms with Crippen molar-refractivity contribution in [3.05, 3.63) is 59.2 Å². The number of benzene rings is 1. The number of phenolic OH excluding ortho intramolecular Hbond substituents is 1. The minimum atomic E-state index is -0.917. The monoisotopic (exact) mass is 723 g/mol. The van der Waals surface area contributed by atoms with E-state index in [-0.39, 0.29) is 25.1 Å². The van der Waals surface area contributed by atoms with Gasteiger partial charge in [-0.1, -0.05) is 64.4 Å². The van der Waals surface area contributed by atoms with Crippen LogP contribution >= 0.6 is 0 Å². The van der Waals surface area contributed by atoms with Gasteiger partial charge in [-0.15, -0.1) is 16.6 Å². The SMILES string of the molecule is CCCCC[C@H](CCN)CCCCC1[OH+][C-](CCc2ccc(O)c(OC[C@H](O)C3=C[C+]4C(=N3)CC[C@H]3CCC[C@@H]3[C@@H]4CNC[C@H](C)O)c2)C=C1CO. The molecule has 52 heavy (non-hydrogen) atoms. The number of rotatable bonds is 23. The first-order valence-corrected chi connectivity index (χ1v) is 20.5. The fraction of sp³-hybridized carbons (Fsp3) is 0.698. The van der Waals surface area contributed by atoms with E-state index in [1.165, 1.54) is 63.7 Å². The number of aromatic hydroxyl groups is 1. The third kappa shape index (κ3) is 11.5. The zero-order chi connectivity index (χ0) is 36.9. The van der Waals surface area contributed by atoms with Crippen molar-refractivity contribution in [2.75, 3.05) is 32.8 Å². The van der Waals surface area contributed by atoms with Crippen molar-refractivity contribution in [1.29, 1.82) is 0 Å². The van der Waals surface area contributed by atoms with Gasteiger partial charge in [-0.25, -0.2) is 0 Å². The second-order valence-electron chi connectivity index (χ2n) is 16.0. The highest BCUT2D eigenvalue weighted by Gasteiger charge is 2.49. The van der Waals surface area contributed by atoms with E-state index in [1.807, 2.05) is 12.1 Å². The standard InChI is InChI=1S/C43H67N3O6/c1-3-4-5-9-30(20-21-44)10-6-7-13-42-33(27-47)23-34(52-42)17-14-31-15-19-40(49)43(22-31)51-28-41(50)39-24-36-37(26-45-25-29(2)48)35-12-8-11-32(35)16-18-38(36)46-39/h15,19,22-24,29-30,32,35,37,41-42,45,47-48,50,52H,3-14,16-18,20-21,25-28,44H2,1-2H3/p+1/t29-,30-,32+,35-,37-,41-,42?/m0/s1. The van der Waals surface area contributed by atoms with Gasteiger partial charge in [-0.3, -0.25) is 0 Å². The Morgan fingerprint density at radius 1 is 1.12 bits per heavy atom. The summed E-state index contributed by atoms with van der Waals surface area (Å²) in [6.45, 7) is 6.21. The molecule has 0 amide bonds. The van der Waals surface area contributed by atoms with E-state index >= 15 is 0 Å². The van der Waals surface area contributed by atoms with E-state index < -0.39 is 12.2 Å². The van der Waals surface area contributed by atoms with E-state index in [0.717, 1.165) is 86.9 Å². The number of nitrogens with one attached hydrogen (secondary N) is 1. The predicted molar refractivity (Wildman–Crippen MR) is 209 cm³/mol. The molecule has 1 aromatic carbocycles. The molecular weight excluding hydrogens is 654 g/mol. The Bertz CT molecular complexity index is 1330. The quantitative estimate of drug-likeness (QED) is 0.0444. The van der Waals surface area contributed by atoms with Crippen molar-refractivity contribution in [3.8, 4) is 11.5 Å². The van der Waals surface area contributed by atoms with E-state index in [4.69, 9.17) is 20.2 Å². The number of hydrogen-bond acceptors (Lipinski definition) is 8. The highest BCUT2D eigenvalue weighted by Crippen LogP contribution is 2.48. The summed E-state index contributed by atoms with van der Waals surface area (Å²) in [5.74, 6) is 3.97. The van der Waals surface area contributed by atoms with Crippen LogP contribution in [0.5, 0.6) is 11.5 Å². The summed E-state index contributed by atoms with van der Waals surface area (Å²) < 4.78 is 11.0. The number of fused-ring (bicyclic) bond motifs is 2. The first-order valence-electron chi connectivity index (χ1n) is 20.5. The average molecular weight is 723 g/mol. The number of allylic oxidation sites excluding steroid dienone is 1. The molecule has 4 aliphatic rings. The average Bonchev–Trinajstić information content (AvgIpc) is 3.87. The van der Waals surface area contributed by atoms with Crippen LogP contribution in [0.25, 0.3) is 0 Å². The normalized spacial score (nSPS) is 24.5. The van der Waals surface area contributed by atoms with E-state index in [0.29, 0.717) is 35.7 Å². The Morgan fingerprint density at radius 2 is 1.94 bits per heavy atom. The Kier molecular flexibility index (Phi) is 16.3. The molecule has 9 nitrogen and oxygen atoms in total. The van der Waals surface area contributed by atoms with E-state index in [1.54, 1.807) is 13.0 Å². The number of aliphatic hydroxyl groups excluding tert-OH is 3. The molecule has 0 spiro atoms. The zero-order valence-electron chi connectivity index (χ0n) is 31.9. The van der Waals surface area contributed by atoms with Gasteiger partial charge in [-0.2, -0.15) is 0 Å². The summed E-state index contributed by atoms with van der Waals surface area (Å²) in [6, 6.07) is 5.40. The lowest BCUT2D eigenvalue weighted by molar-refractivity contribution is -0.0553. The van der Waals surface area contributed by atoms with Crippen LogP contribution in [0.2, 0.25) is 0 Å². The van der Waals surface area contributed by atoms with Gasteiger partial charge in [0, 0.05) is 32.5 Å². The Labute approximate surface area is 313 Å². The smallest absolute Gasteiger partial charge is 0.208 e. The first-order chi connectivity index (χ1) is 25.3. The molecule has 0 radical (unpaired) electrons. The molecule has 0 aromatic heterocycles. The van der Waals surface area contributed by atoms with Crippen LogP contribution in [0.1, 0.15) is 116 Å². The molecule has 7 atom stereocenters. The lowest BCUT2D eigenvalue weighted by Gasteiger charge is -2.26. The Balaban J connectivity index is 1.09. The van der Waals surface area contributed by atoms with Gasteiger partial charge in [0.05, 0.1) is 18.1 Å². The predicted octanol–water partition coefficient (Wildman–Crippen LogP) is 6.24. The molecule has 9 heteroatoms. The molecule has 1 unspecified atom stereocenters. The van der Waals surface area contributed by atoms with Crippen molar-refractivity contribution in [2.24, 2.45) is 34.4 Å². The molecule has 2 aliphatic heterocycles. The van der Waals surface area contributed by atoms with Crippen LogP contribution in [-0.2, 0) is 6.42 Å². The van der Waals surface area contributed by atoms with Crippen LogP contribution in [0.3, 0.4) is 0 Å². The fourth-order valence-corrected chi connectivity index (χ4v) is 9.05. The molecule has 0 bridgehead atoms. The van der Waals surface area contributed by atoms with Gasteiger partial charge < -0.3 is 41.0 Å². The Hall–Kier alpha value is -2.53. The number of aliphatic hydroxyl groups is 5. The van der Waals surface area contributed by atoms with Crippen molar-refractivity contribution >= 4 is 5.71 Å². The summed E-state index contributed by atoms with van der Waals surface area (Å²) in [5, 5.41) is 45.2. The number of aryl methyl sites for hydroxylation is 1. The lowest BCUT2D eigenvalue weighted by Crippen LogP contribution is -2.36. The molecule has 290 valence electrons. The van der Waals surface area contributed by atoms with E-state index in [9.17, 15) is 20.4 Å². The van der Waals surface area contributed by atoms with Crippen molar-refractivity contribution < 1.29 is 29.9 Å². The molecule has 2 aliphatic carbocycles. The van der Waals surface area contributed by atoms with Gasteiger partial charge in [0.15, 0.2) is 17.6 Å². The van der Waals surface area contributed by atoms with Crippen LogP contribution < -0.4 is 15.8 Å². The number of phenols is 1. The number of nitrogens with two attached hydrogens (primary N) is 1. The summed E-state index contributed by atoms with van der Waals surface area (Å²) in [4.78, 5) is 4.92. The molecule has 2 saturated carbocycles. The van der Waals surface area contributed by atoms with Crippen LogP contribution in [0.4, 0.5) is 0 Å². The van der Waals surface area contributed by atoms with Crippen LogP contribution in [0.15, 0.2) is 46.6 Å². The molecule has 0 saturated heterocycles. The van der Waals surface area contributed by atoms with Gasteiger partial charge in [0.2, 0.25) is 5.70 Å². The van der Waals surface area contributed by atoms with Crippen molar-refractivity contribution in [1.82, 2.24) is 5.32 Å². The topological polar surface area (TPSA) is 153 Å². The first kappa shape index (κ1) is 40.7. The number of hydrogen-bond donors (Lipinski definition) is 6. The lowest BCUT2D eigenvalue weighted by atomic mass is 9.77. The molecule has 5 rings (SSSR count). The van der Waals surface area contributed by atoms with E-state index in [2.05, 4.69) is 24.4 Å². The third-order valence-electron chi connectivity index (χ3n) is 11.9. The Morgan fingerprint density at radius 3 is 2.71 bits per heavy atom. The summed E-state index contributed by atoms with van der Waals surface area (Å²) in [5.41, 5.74) is 9.61. The van der Waals surface area contributed by atoms with Crippen LogP contribution in [-0.4, -0.2) is 82.0 Å². The van der Waals surface area contributed by atoms with Gasteiger partial charge in [0.25, 0.3) is 0 Å². The molecule has 2 fully saturated rings. The highest BCUT2D eigenvalue weighted by molar-refractivity contribution is 6.03. The second-order valence-corrected chi connectivity index (χ2v) is 16.0.